The highest BCUT2D eigenvalue weighted by atomic mass is 35.5. The lowest BCUT2D eigenvalue weighted by Gasteiger charge is -2.49. The van der Waals surface area contributed by atoms with Gasteiger partial charge >= 0.3 is 0 Å². The number of hydrogen-bond donors (Lipinski definition) is 2. The summed E-state index contributed by atoms with van der Waals surface area (Å²) >= 11 is 6.41. The topological polar surface area (TPSA) is 30.5 Å². The molecule has 0 aromatic carbocycles. The molecule has 4 atom stereocenters. The molecule has 4 aliphatic rings. The minimum Gasteiger partial charge on any atom is -0.312 e. The molecule has 34 heavy (non-hydrogen) atoms. The van der Waals surface area contributed by atoms with Crippen molar-refractivity contribution in [2.45, 2.75) is 103 Å². The summed E-state index contributed by atoms with van der Waals surface area (Å²) < 4.78 is 0. The van der Waals surface area contributed by atoms with Gasteiger partial charge in [-0.1, -0.05) is 39.3 Å². The average Bonchev–Trinajstić information content (AvgIpc) is 3.23. The summed E-state index contributed by atoms with van der Waals surface area (Å²) in [7, 11) is 2.21. The van der Waals surface area contributed by atoms with Gasteiger partial charge in [0.2, 0.25) is 0 Å². The highest BCUT2D eigenvalue weighted by Gasteiger charge is 2.41. The minimum atomic E-state index is 0.409. The number of likely N-dealkylation sites (N-methyl/N-ethyl adjacent to an activating group) is 1. The van der Waals surface area contributed by atoms with Gasteiger partial charge in [0.15, 0.2) is 0 Å². The van der Waals surface area contributed by atoms with E-state index in [1.165, 1.54) is 77.4 Å². The lowest BCUT2D eigenvalue weighted by Crippen LogP contribution is -2.53. The molecule has 2 N–H and O–H groups in total. The lowest BCUT2D eigenvalue weighted by atomic mass is 9.64. The van der Waals surface area contributed by atoms with Gasteiger partial charge in [0.25, 0.3) is 0 Å². The van der Waals surface area contributed by atoms with Crippen LogP contribution in [0.2, 0.25) is 0 Å². The van der Waals surface area contributed by atoms with Crippen molar-refractivity contribution in [2.24, 2.45) is 29.1 Å². The van der Waals surface area contributed by atoms with Gasteiger partial charge in [-0.15, -0.1) is 11.6 Å². The smallest absolute Gasteiger partial charge is 0.0462 e. The number of halogens is 1. The fourth-order valence-corrected chi connectivity index (χ4v) is 7.93. The fraction of sp³-hybridized carbons (Fsp3) is 0.931. The standard InChI is InChI=1S/C29H53ClN4/c1-21(2)27(31-18-22-7-6-8-24(17-22)28-13-15-32-33(28)5)19-34-16-14-26(29(3,4)20-34)23-9-11-25(30)12-10-23/h17,21-23,25-28,31-32H,6-16,18-20H2,1-5H3/t22?,23?,25?,26?,27-,28?/m0/s1. The summed E-state index contributed by atoms with van der Waals surface area (Å²) in [5.74, 6) is 3.12. The van der Waals surface area contributed by atoms with Crippen LogP contribution >= 0.6 is 11.6 Å². The van der Waals surface area contributed by atoms with E-state index in [1.54, 1.807) is 5.57 Å². The number of hydrogen-bond acceptors (Lipinski definition) is 4. The molecule has 3 unspecified atom stereocenters. The van der Waals surface area contributed by atoms with Gasteiger partial charge in [0.05, 0.1) is 0 Å². The fourth-order valence-electron chi connectivity index (χ4n) is 7.68. The highest BCUT2D eigenvalue weighted by Crippen LogP contribution is 2.45. The van der Waals surface area contributed by atoms with E-state index in [2.05, 4.69) is 61.5 Å². The molecular formula is C29H53ClN4. The molecule has 0 radical (unpaired) electrons. The maximum Gasteiger partial charge on any atom is 0.0462 e. The Balaban J connectivity index is 1.29. The predicted octanol–water partition coefficient (Wildman–Crippen LogP) is 5.68. The van der Waals surface area contributed by atoms with Gasteiger partial charge in [-0.3, -0.25) is 5.43 Å². The third kappa shape index (κ3) is 6.79. The van der Waals surface area contributed by atoms with Gasteiger partial charge in [0, 0.05) is 50.7 Å². The van der Waals surface area contributed by atoms with Crippen molar-refractivity contribution in [2.75, 3.05) is 39.8 Å². The van der Waals surface area contributed by atoms with E-state index in [-0.39, 0.29) is 0 Å². The number of hydrazine groups is 1. The maximum absolute atomic E-state index is 6.41. The third-order valence-corrected chi connectivity index (χ3v) is 10.2. The maximum atomic E-state index is 6.41. The molecule has 196 valence electrons. The second kappa shape index (κ2) is 11.9. The SMILES string of the molecule is CC(C)[C@H](CN1CCC(C2CCC(Cl)CC2)C(C)(C)C1)NCC1C=C(C2CCNN2C)CCC1. The van der Waals surface area contributed by atoms with E-state index in [1.807, 2.05) is 0 Å². The molecule has 1 saturated carbocycles. The van der Waals surface area contributed by atoms with Gasteiger partial charge in [-0.2, -0.15) is 0 Å². The van der Waals surface area contributed by atoms with E-state index in [0.717, 1.165) is 24.9 Å². The largest absolute Gasteiger partial charge is 0.312 e. The van der Waals surface area contributed by atoms with Crippen LogP contribution in [0, 0.1) is 29.1 Å². The summed E-state index contributed by atoms with van der Waals surface area (Å²) in [4.78, 5) is 2.78. The minimum absolute atomic E-state index is 0.409. The first-order valence-corrected chi connectivity index (χ1v) is 14.9. The Morgan fingerprint density at radius 1 is 1.12 bits per heavy atom. The van der Waals surface area contributed by atoms with Crippen LogP contribution in [0.15, 0.2) is 11.6 Å². The summed E-state index contributed by atoms with van der Waals surface area (Å²) in [5, 5.41) is 6.81. The van der Waals surface area contributed by atoms with Crippen molar-refractivity contribution in [1.82, 2.24) is 20.7 Å². The molecule has 0 spiro atoms. The number of likely N-dealkylation sites (tertiary alicyclic amines) is 1. The van der Waals surface area contributed by atoms with Gasteiger partial charge in [-0.05, 0) is 93.4 Å². The van der Waals surface area contributed by atoms with E-state index in [0.29, 0.717) is 34.7 Å². The Morgan fingerprint density at radius 3 is 2.53 bits per heavy atom. The zero-order valence-corrected chi connectivity index (χ0v) is 23.5. The molecule has 2 heterocycles. The lowest BCUT2D eigenvalue weighted by molar-refractivity contribution is 0.00472. The Hall–Kier alpha value is -0.130. The molecule has 2 aliphatic heterocycles. The van der Waals surface area contributed by atoms with Crippen LogP contribution in [0.1, 0.15) is 85.5 Å². The van der Waals surface area contributed by atoms with Crippen molar-refractivity contribution >= 4 is 11.6 Å². The zero-order chi connectivity index (χ0) is 24.3. The third-order valence-electron chi connectivity index (χ3n) is 9.73. The molecule has 0 aromatic heterocycles. The number of rotatable bonds is 8. The van der Waals surface area contributed by atoms with Crippen LogP contribution < -0.4 is 10.7 Å². The summed E-state index contributed by atoms with van der Waals surface area (Å²) in [5.41, 5.74) is 5.58. The first kappa shape index (κ1) is 26.9. The molecule has 2 saturated heterocycles. The number of piperidine rings is 1. The van der Waals surface area contributed by atoms with E-state index in [4.69, 9.17) is 11.6 Å². The second-order valence-electron chi connectivity index (χ2n) is 13.1. The summed E-state index contributed by atoms with van der Waals surface area (Å²) in [6.45, 7) is 15.9. The van der Waals surface area contributed by atoms with Crippen LogP contribution in [0.4, 0.5) is 0 Å². The normalized spacial score (nSPS) is 36.6. The van der Waals surface area contributed by atoms with Crippen LogP contribution in [0.25, 0.3) is 0 Å². The second-order valence-corrected chi connectivity index (χ2v) is 13.7. The molecule has 0 aromatic rings. The van der Waals surface area contributed by atoms with Crippen LogP contribution in [0.3, 0.4) is 0 Å². The van der Waals surface area contributed by atoms with Crippen LogP contribution in [-0.4, -0.2) is 67.1 Å². The quantitative estimate of drug-likeness (QED) is 0.337. The molecule has 5 heteroatoms. The van der Waals surface area contributed by atoms with Crippen LogP contribution in [0.5, 0.6) is 0 Å². The Bertz CT molecular complexity index is 669. The van der Waals surface area contributed by atoms with Crippen molar-refractivity contribution in [3.63, 3.8) is 0 Å². The average molecular weight is 493 g/mol. The van der Waals surface area contributed by atoms with Gasteiger partial charge < -0.3 is 10.2 Å². The van der Waals surface area contributed by atoms with Crippen molar-refractivity contribution in [3.8, 4) is 0 Å². The molecule has 2 aliphatic carbocycles. The molecule has 4 rings (SSSR count). The zero-order valence-electron chi connectivity index (χ0n) is 22.8. The molecular weight excluding hydrogens is 440 g/mol. The molecule has 0 amide bonds. The van der Waals surface area contributed by atoms with E-state index in [9.17, 15) is 0 Å². The Morgan fingerprint density at radius 2 is 1.88 bits per heavy atom. The number of nitrogens with one attached hydrogen (secondary N) is 2. The van der Waals surface area contributed by atoms with E-state index < -0.39 is 0 Å². The first-order valence-electron chi connectivity index (χ1n) is 14.5. The highest BCUT2D eigenvalue weighted by molar-refractivity contribution is 6.20. The summed E-state index contributed by atoms with van der Waals surface area (Å²) in [6.07, 6.45) is 14.4. The van der Waals surface area contributed by atoms with Gasteiger partial charge in [-0.25, -0.2) is 5.01 Å². The van der Waals surface area contributed by atoms with Crippen molar-refractivity contribution < 1.29 is 0 Å². The van der Waals surface area contributed by atoms with Crippen molar-refractivity contribution in [3.05, 3.63) is 11.6 Å². The van der Waals surface area contributed by atoms with Crippen LogP contribution in [-0.2, 0) is 0 Å². The Kier molecular flexibility index (Phi) is 9.46. The van der Waals surface area contributed by atoms with Crippen molar-refractivity contribution in [1.29, 1.82) is 0 Å². The summed E-state index contributed by atoms with van der Waals surface area (Å²) in [6, 6.07) is 1.19. The van der Waals surface area contributed by atoms with E-state index >= 15 is 0 Å². The molecule has 4 nitrogen and oxygen atoms in total. The number of alkyl halides is 1. The molecule has 3 fully saturated rings. The Labute approximate surface area is 215 Å². The molecule has 0 bridgehead atoms. The monoisotopic (exact) mass is 492 g/mol. The van der Waals surface area contributed by atoms with Gasteiger partial charge in [0.1, 0.15) is 0 Å². The number of nitrogens with zero attached hydrogens (tertiary/aromatic N) is 2. The predicted molar refractivity (Wildman–Crippen MR) is 146 cm³/mol. The first-order chi connectivity index (χ1) is 16.2.